The van der Waals surface area contributed by atoms with Gasteiger partial charge in [0.05, 0.1) is 13.2 Å². The number of aromatic amines is 1. The molecule has 0 spiro atoms. The molecular weight excluding hydrogens is 488 g/mol. The Morgan fingerprint density at radius 2 is 1.71 bits per heavy atom. The third-order valence-corrected chi connectivity index (χ3v) is 6.06. The second kappa shape index (κ2) is 12.7. The highest BCUT2D eigenvalue weighted by molar-refractivity contribution is 6.00. The predicted octanol–water partition coefficient (Wildman–Crippen LogP) is 3.92. The van der Waals surface area contributed by atoms with Crippen LogP contribution in [0, 0.1) is 0 Å². The average molecular weight is 521 g/mol. The maximum absolute atomic E-state index is 12.7. The smallest absolute Gasteiger partial charge is 0.387 e. The van der Waals surface area contributed by atoms with Gasteiger partial charge >= 0.3 is 12.1 Å². The van der Waals surface area contributed by atoms with Crippen molar-refractivity contribution in [3.05, 3.63) is 71.0 Å². The van der Waals surface area contributed by atoms with E-state index in [0.29, 0.717) is 49.8 Å². The number of unbranched alkanes of at least 4 members (excludes halogenated alkanes) is 1. The average Bonchev–Trinajstić information content (AvgIpc) is 3.28. The Labute approximate surface area is 220 Å². The number of ether oxygens (including phenoxy) is 2. The van der Waals surface area contributed by atoms with Crippen LogP contribution in [0.15, 0.2) is 48.5 Å². The van der Waals surface area contributed by atoms with Crippen LogP contribution < -0.4 is 21.1 Å². The van der Waals surface area contributed by atoms with E-state index in [1.54, 1.807) is 17.0 Å². The van der Waals surface area contributed by atoms with E-state index in [4.69, 9.17) is 15.2 Å². The zero-order valence-corrected chi connectivity index (χ0v) is 21.3. The molecule has 0 aliphatic carbocycles. The van der Waals surface area contributed by atoms with Crippen LogP contribution in [0.4, 0.5) is 21.1 Å². The first-order chi connectivity index (χ1) is 18.4. The van der Waals surface area contributed by atoms with Crippen LogP contribution in [0.25, 0.3) is 0 Å². The molecule has 1 aliphatic rings. The lowest BCUT2D eigenvalue weighted by Crippen LogP contribution is -2.40. The Hall–Kier alpha value is -4.38. The molecule has 0 unspecified atom stereocenters. The van der Waals surface area contributed by atoms with Crippen molar-refractivity contribution >= 4 is 29.5 Å². The van der Waals surface area contributed by atoms with E-state index in [2.05, 4.69) is 27.5 Å². The lowest BCUT2D eigenvalue weighted by molar-refractivity contribution is 0.0303. The van der Waals surface area contributed by atoms with Crippen LogP contribution in [0.2, 0.25) is 0 Å². The molecule has 0 bridgehead atoms. The third kappa shape index (κ3) is 7.32. The second-order valence-electron chi connectivity index (χ2n) is 8.94. The highest BCUT2D eigenvalue weighted by Crippen LogP contribution is 2.23. The topological polar surface area (TPSA) is 152 Å². The summed E-state index contributed by atoms with van der Waals surface area (Å²) in [5.41, 5.74) is 8.45. The number of aromatic nitrogens is 2. The number of rotatable bonds is 9. The molecule has 0 atom stereocenters. The number of aryl methyl sites for hydroxylation is 1. The molecule has 1 fully saturated rings. The van der Waals surface area contributed by atoms with Gasteiger partial charge in [-0.3, -0.25) is 10.1 Å². The SMILES string of the molecule is CCCCc1ccc(NC(=O)Nc2[nH]c(Cc3ccc(C(=O)N4CCOCC4)cc3)nc2OC(N)=O)cc1. The maximum atomic E-state index is 12.7. The molecule has 2 aromatic carbocycles. The molecule has 5 N–H and O–H groups in total. The largest absolute Gasteiger partial charge is 0.411 e. The monoisotopic (exact) mass is 520 g/mol. The predicted molar refractivity (Wildman–Crippen MR) is 142 cm³/mol. The van der Waals surface area contributed by atoms with E-state index in [9.17, 15) is 14.4 Å². The van der Waals surface area contributed by atoms with Gasteiger partial charge in [0.1, 0.15) is 5.82 Å². The zero-order chi connectivity index (χ0) is 26.9. The summed E-state index contributed by atoms with van der Waals surface area (Å²) in [5.74, 6) is 0.346. The fourth-order valence-electron chi connectivity index (χ4n) is 4.06. The fourth-order valence-corrected chi connectivity index (χ4v) is 4.06. The molecule has 4 rings (SSSR count). The van der Waals surface area contributed by atoms with Gasteiger partial charge in [0.25, 0.3) is 11.8 Å². The molecule has 38 heavy (non-hydrogen) atoms. The first-order valence-electron chi connectivity index (χ1n) is 12.6. The summed E-state index contributed by atoms with van der Waals surface area (Å²) in [6.45, 7) is 4.37. The summed E-state index contributed by atoms with van der Waals surface area (Å²) in [7, 11) is 0. The number of H-pyrrole nitrogens is 1. The summed E-state index contributed by atoms with van der Waals surface area (Å²) in [6.07, 6.45) is 2.49. The minimum atomic E-state index is -1.06. The first-order valence-corrected chi connectivity index (χ1v) is 12.6. The first kappa shape index (κ1) is 26.7. The van der Waals surface area contributed by atoms with Crippen molar-refractivity contribution in [1.29, 1.82) is 0 Å². The molecular formula is C27H32N6O5. The van der Waals surface area contributed by atoms with Gasteiger partial charge in [0, 0.05) is 30.8 Å². The van der Waals surface area contributed by atoms with E-state index in [0.717, 1.165) is 24.8 Å². The van der Waals surface area contributed by atoms with E-state index in [1.807, 2.05) is 36.4 Å². The molecule has 1 aliphatic heterocycles. The van der Waals surface area contributed by atoms with Crippen molar-refractivity contribution < 1.29 is 23.9 Å². The molecule has 3 aromatic rings. The van der Waals surface area contributed by atoms with Crippen LogP contribution in [-0.2, 0) is 17.6 Å². The molecule has 11 heteroatoms. The van der Waals surface area contributed by atoms with Crippen molar-refractivity contribution in [3.63, 3.8) is 0 Å². The van der Waals surface area contributed by atoms with Gasteiger partial charge in [-0.25, -0.2) is 9.59 Å². The maximum Gasteiger partial charge on any atom is 0.411 e. The van der Waals surface area contributed by atoms with Crippen molar-refractivity contribution in [2.45, 2.75) is 32.6 Å². The van der Waals surface area contributed by atoms with Crippen LogP contribution in [-0.4, -0.2) is 59.2 Å². The number of hydrogen-bond donors (Lipinski definition) is 4. The number of urea groups is 1. The number of primary amides is 1. The van der Waals surface area contributed by atoms with Crippen molar-refractivity contribution in [2.24, 2.45) is 5.73 Å². The number of nitrogens with two attached hydrogens (primary N) is 1. The molecule has 1 aromatic heterocycles. The van der Waals surface area contributed by atoms with Gasteiger partial charge in [0.15, 0.2) is 5.82 Å². The third-order valence-electron chi connectivity index (χ3n) is 6.06. The van der Waals surface area contributed by atoms with Crippen molar-refractivity contribution in [2.75, 3.05) is 36.9 Å². The standard InChI is InChI=1S/C27H32N6O5/c1-2-3-4-18-7-11-21(12-8-18)29-27(36)32-23-24(38-26(28)35)31-22(30-23)17-19-5-9-20(10-6-19)25(34)33-13-15-37-16-14-33/h5-12H,2-4,13-17H2,1H3,(H2,28,35)(H,30,31)(H2,29,32,36). The quantitative estimate of drug-likeness (QED) is 0.336. The molecule has 200 valence electrons. The van der Waals surface area contributed by atoms with E-state index in [1.165, 1.54) is 5.56 Å². The van der Waals surface area contributed by atoms with Crippen LogP contribution in [0.3, 0.4) is 0 Å². The van der Waals surface area contributed by atoms with Gasteiger partial charge < -0.3 is 30.4 Å². The number of carbonyl (C=O) groups excluding carboxylic acids is 3. The fraction of sp³-hybridized carbons (Fsp3) is 0.333. The summed E-state index contributed by atoms with van der Waals surface area (Å²) in [5, 5.41) is 5.36. The Bertz CT molecular complexity index is 1250. The van der Waals surface area contributed by atoms with Crippen molar-refractivity contribution in [1.82, 2.24) is 14.9 Å². The molecule has 1 saturated heterocycles. The molecule has 0 radical (unpaired) electrons. The summed E-state index contributed by atoms with van der Waals surface area (Å²) < 4.78 is 10.3. The highest BCUT2D eigenvalue weighted by Gasteiger charge is 2.19. The van der Waals surface area contributed by atoms with Crippen LogP contribution >= 0.6 is 0 Å². The van der Waals surface area contributed by atoms with Gasteiger partial charge in [-0.15, -0.1) is 0 Å². The Balaban J connectivity index is 1.40. The van der Waals surface area contributed by atoms with Crippen LogP contribution in [0.1, 0.15) is 47.1 Å². The van der Waals surface area contributed by atoms with Gasteiger partial charge in [-0.1, -0.05) is 37.6 Å². The second-order valence-corrected chi connectivity index (χ2v) is 8.94. The number of nitrogens with zero attached hydrogens (tertiary/aromatic N) is 2. The summed E-state index contributed by atoms with van der Waals surface area (Å²) >= 11 is 0. The Morgan fingerprint density at radius 3 is 2.37 bits per heavy atom. The number of amides is 4. The number of hydrogen-bond acceptors (Lipinski definition) is 6. The van der Waals surface area contributed by atoms with Gasteiger partial charge in [-0.2, -0.15) is 4.98 Å². The summed E-state index contributed by atoms with van der Waals surface area (Å²) in [6, 6.07) is 14.2. The number of morpholine rings is 1. The number of nitrogens with one attached hydrogen (secondary N) is 3. The number of carbonyl (C=O) groups is 3. The van der Waals surface area contributed by atoms with E-state index >= 15 is 0 Å². The Morgan fingerprint density at radius 1 is 1.03 bits per heavy atom. The van der Waals surface area contributed by atoms with Crippen molar-refractivity contribution in [3.8, 4) is 5.88 Å². The van der Waals surface area contributed by atoms with E-state index in [-0.39, 0.29) is 17.6 Å². The van der Waals surface area contributed by atoms with Gasteiger partial charge in [-0.05, 0) is 48.2 Å². The minimum Gasteiger partial charge on any atom is -0.387 e. The summed E-state index contributed by atoms with van der Waals surface area (Å²) in [4.78, 5) is 45.6. The number of imidazole rings is 1. The van der Waals surface area contributed by atoms with Crippen LogP contribution in [0.5, 0.6) is 5.88 Å². The normalized spacial score (nSPS) is 13.1. The van der Waals surface area contributed by atoms with E-state index < -0.39 is 12.1 Å². The highest BCUT2D eigenvalue weighted by atomic mass is 16.6. The number of benzene rings is 2. The Kier molecular flexibility index (Phi) is 8.94. The molecule has 2 heterocycles. The number of anilines is 2. The molecule has 4 amide bonds. The molecule has 11 nitrogen and oxygen atoms in total. The lowest BCUT2D eigenvalue weighted by atomic mass is 10.1. The minimum absolute atomic E-state index is 0.0388. The zero-order valence-electron chi connectivity index (χ0n) is 21.3. The molecule has 0 saturated carbocycles. The van der Waals surface area contributed by atoms with Gasteiger partial charge in [0.2, 0.25) is 0 Å². The lowest BCUT2D eigenvalue weighted by Gasteiger charge is -2.26.